The molecular weight excluding hydrogens is 240 g/mol. The Labute approximate surface area is 102 Å². The summed E-state index contributed by atoms with van der Waals surface area (Å²) in [4.78, 5) is 29.8. The van der Waals surface area contributed by atoms with Gasteiger partial charge < -0.3 is 4.98 Å². The topological polar surface area (TPSA) is 101 Å². The molecule has 1 amide bonds. The van der Waals surface area contributed by atoms with Crippen molar-refractivity contribution in [3.63, 3.8) is 0 Å². The third kappa shape index (κ3) is 2.86. The van der Waals surface area contributed by atoms with Crippen molar-refractivity contribution in [1.29, 1.82) is 0 Å². The molecule has 0 saturated heterocycles. The van der Waals surface area contributed by atoms with E-state index in [-0.39, 0.29) is 17.2 Å². The van der Waals surface area contributed by atoms with E-state index >= 15 is 0 Å². The highest BCUT2D eigenvalue weighted by Crippen LogP contribution is 2.18. The van der Waals surface area contributed by atoms with Crippen LogP contribution < -0.4 is 16.8 Å². The maximum atomic E-state index is 11.8. The predicted molar refractivity (Wildman–Crippen MR) is 64.6 cm³/mol. The van der Waals surface area contributed by atoms with E-state index in [4.69, 9.17) is 5.84 Å². The average Bonchev–Trinajstić information content (AvgIpc) is 2.36. The molecule has 6 nitrogen and oxygen atoms in total. The van der Waals surface area contributed by atoms with Gasteiger partial charge in [0.15, 0.2) is 5.16 Å². The summed E-state index contributed by atoms with van der Waals surface area (Å²) in [5.41, 5.74) is 3.62. The number of carbonyl (C=O) groups excluding carboxylic acids is 1. The van der Waals surface area contributed by atoms with E-state index in [1.54, 1.807) is 0 Å². The van der Waals surface area contributed by atoms with Crippen LogP contribution in [0.3, 0.4) is 0 Å². The quantitative estimate of drug-likeness (QED) is 0.227. The Kier molecular flexibility index (Phi) is 3.80. The van der Waals surface area contributed by atoms with Gasteiger partial charge in [0, 0.05) is 5.56 Å². The zero-order valence-electron chi connectivity index (χ0n) is 9.28. The molecule has 1 aliphatic rings. The molecule has 1 aliphatic carbocycles. The molecule has 0 bridgehead atoms. The fraction of sp³-hybridized carbons (Fsp3) is 0.500. The lowest BCUT2D eigenvalue weighted by atomic mass is 9.97. The molecular formula is C10H14N4O2S. The Morgan fingerprint density at radius 3 is 3.00 bits per heavy atom. The Morgan fingerprint density at radius 2 is 2.24 bits per heavy atom. The fourth-order valence-electron chi connectivity index (χ4n) is 1.82. The number of rotatable bonds is 3. The van der Waals surface area contributed by atoms with Crippen molar-refractivity contribution in [2.45, 2.75) is 30.8 Å². The van der Waals surface area contributed by atoms with Crippen molar-refractivity contribution in [2.24, 2.45) is 5.84 Å². The number of aromatic amines is 1. The summed E-state index contributed by atoms with van der Waals surface area (Å²) < 4.78 is 0. The summed E-state index contributed by atoms with van der Waals surface area (Å²) >= 11 is 1.18. The van der Waals surface area contributed by atoms with E-state index < -0.39 is 0 Å². The zero-order valence-corrected chi connectivity index (χ0v) is 10.1. The van der Waals surface area contributed by atoms with Crippen LogP contribution in [0.2, 0.25) is 0 Å². The summed E-state index contributed by atoms with van der Waals surface area (Å²) in [7, 11) is 0. The number of H-pyrrole nitrogens is 1. The first kappa shape index (κ1) is 12.1. The van der Waals surface area contributed by atoms with Gasteiger partial charge >= 0.3 is 0 Å². The van der Waals surface area contributed by atoms with E-state index in [0.717, 1.165) is 36.9 Å². The van der Waals surface area contributed by atoms with Crippen LogP contribution in [0.1, 0.15) is 24.1 Å². The molecule has 7 heteroatoms. The van der Waals surface area contributed by atoms with Gasteiger partial charge in [0.05, 0.1) is 11.4 Å². The first-order chi connectivity index (χ1) is 8.20. The first-order valence-electron chi connectivity index (χ1n) is 5.45. The van der Waals surface area contributed by atoms with Crippen LogP contribution in [0.5, 0.6) is 0 Å². The van der Waals surface area contributed by atoms with Gasteiger partial charge in [-0.05, 0) is 25.7 Å². The number of carbonyl (C=O) groups is 1. The third-order valence-electron chi connectivity index (χ3n) is 2.67. The van der Waals surface area contributed by atoms with Crippen molar-refractivity contribution in [2.75, 3.05) is 5.75 Å². The van der Waals surface area contributed by atoms with Crippen molar-refractivity contribution in [1.82, 2.24) is 15.4 Å². The SMILES string of the molecule is NNC(=O)CSc1nc2c(c(=O)[nH]1)CCCC2. The summed E-state index contributed by atoms with van der Waals surface area (Å²) in [6.45, 7) is 0. The normalized spacial score (nSPS) is 14.2. The molecule has 92 valence electrons. The number of nitrogens with zero attached hydrogens (tertiary/aromatic N) is 1. The molecule has 1 heterocycles. The van der Waals surface area contributed by atoms with E-state index in [2.05, 4.69) is 9.97 Å². The van der Waals surface area contributed by atoms with Gasteiger partial charge in [0.25, 0.3) is 5.56 Å². The van der Waals surface area contributed by atoms with E-state index in [1.165, 1.54) is 11.8 Å². The van der Waals surface area contributed by atoms with Gasteiger partial charge in [0.1, 0.15) is 0 Å². The number of hydrogen-bond acceptors (Lipinski definition) is 5. The molecule has 1 aromatic heterocycles. The average molecular weight is 254 g/mol. The molecule has 4 N–H and O–H groups in total. The summed E-state index contributed by atoms with van der Waals surface area (Å²) in [6.07, 6.45) is 3.75. The second kappa shape index (κ2) is 5.33. The summed E-state index contributed by atoms with van der Waals surface area (Å²) in [6, 6.07) is 0. The van der Waals surface area contributed by atoms with E-state index in [0.29, 0.717) is 5.16 Å². The smallest absolute Gasteiger partial charge is 0.254 e. The van der Waals surface area contributed by atoms with Crippen LogP contribution in [0.25, 0.3) is 0 Å². The van der Waals surface area contributed by atoms with Crippen LogP contribution in [0.4, 0.5) is 0 Å². The van der Waals surface area contributed by atoms with Gasteiger partial charge in [-0.3, -0.25) is 15.0 Å². The highest BCUT2D eigenvalue weighted by atomic mass is 32.2. The van der Waals surface area contributed by atoms with Crippen molar-refractivity contribution < 1.29 is 4.79 Å². The lowest BCUT2D eigenvalue weighted by Gasteiger charge is -2.14. The number of hydrazine groups is 1. The Hall–Kier alpha value is -1.34. The van der Waals surface area contributed by atoms with Crippen molar-refractivity contribution >= 4 is 17.7 Å². The second-order valence-corrected chi connectivity index (χ2v) is 4.82. The van der Waals surface area contributed by atoms with Crippen LogP contribution in [-0.2, 0) is 17.6 Å². The third-order valence-corrected chi connectivity index (χ3v) is 3.54. The number of hydrogen-bond donors (Lipinski definition) is 3. The molecule has 17 heavy (non-hydrogen) atoms. The van der Waals surface area contributed by atoms with Gasteiger partial charge in [-0.15, -0.1) is 0 Å². The van der Waals surface area contributed by atoms with Crippen LogP contribution >= 0.6 is 11.8 Å². The molecule has 0 radical (unpaired) electrons. The molecule has 0 aliphatic heterocycles. The first-order valence-corrected chi connectivity index (χ1v) is 6.43. The molecule has 0 aromatic carbocycles. The van der Waals surface area contributed by atoms with Crippen LogP contribution in [0.15, 0.2) is 9.95 Å². The monoisotopic (exact) mass is 254 g/mol. The predicted octanol–water partition coefficient (Wildman–Crippen LogP) is -0.269. The molecule has 1 aromatic rings. The molecule has 0 fully saturated rings. The molecule has 0 atom stereocenters. The molecule has 2 rings (SSSR count). The lowest BCUT2D eigenvalue weighted by Crippen LogP contribution is -2.31. The fourth-order valence-corrected chi connectivity index (χ4v) is 2.52. The van der Waals surface area contributed by atoms with Gasteiger partial charge in [-0.1, -0.05) is 11.8 Å². The van der Waals surface area contributed by atoms with Crippen LogP contribution in [-0.4, -0.2) is 21.6 Å². The highest BCUT2D eigenvalue weighted by molar-refractivity contribution is 7.99. The number of aromatic nitrogens is 2. The van der Waals surface area contributed by atoms with Gasteiger partial charge in [-0.25, -0.2) is 10.8 Å². The Morgan fingerprint density at radius 1 is 1.47 bits per heavy atom. The minimum Gasteiger partial charge on any atom is -0.301 e. The number of aryl methyl sites for hydroxylation is 1. The lowest BCUT2D eigenvalue weighted by molar-refractivity contribution is -0.118. The number of nitrogens with two attached hydrogens (primary N) is 1. The summed E-state index contributed by atoms with van der Waals surface area (Å²) in [5, 5.41) is 0.485. The number of thioether (sulfide) groups is 1. The minimum atomic E-state index is -0.296. The Balaban J connectivity index is 2.16. The highest BCUT2D eigenvalue weighted by Gasteiger charge is 2.15. The minimum absolute atomic E-state index is 0.0784. The maximum absolute atomic E-state index is 11.8. The largest absolute Gasteiger partial charge is 0.301 e. The van der Waals surface area contributed by atoms with E-state index in [1.807, 2.05) is 5.43 Å². The number of amides is 1. The van der Waals surface area contributed by atoms with E-state index in [9.17, 15) is 9.59 Å². The maximum Gasteiger partial charge on any atom is 0.254 e. The van der Waals surface area contributed by atoms with Crippen LogP contribution in [0, 0.1) is 0 Å². The van der Waals surface area contributed by atoms with Crippen molar-refractivity contribution in [3.8, 4) is 0 Å². The second-order valence-electron chi connectivity index (χ2n) is 3.86. The number of fused-ring (bicyclic) bond motifs is 1. The molecule has 0 saturated carbocycles. The number of nitrogens with one attached hydrogen (secondary N) is 2. The zero-order chi connectivity index (χ0) is 12.3. The standard InChI is InChI=1S/C10H14N4O2S/c11-14-8(15)5-17-10-12-7-4-2-1-3-6(7)9(16)13-10/h1-5,11H2,(H,14,15)(H,12,13,16). The molecule has 0 unspecified atom stereocenters. The van der Waals surface area contributed by atoms with Gasteiger partial charge in [0.2, 0.25) is 5.91 Å². The Bertz CT molecular complexity index is 486. The molecule has 0 spiro atoms. The van der Waals surface area contributed by atoms with Gasteiger partial charge in [-0.2, -0.15) is 0 Å². The summed E-state index contributed by atoms with van der Waals surface area (Å²) in [5.74, 6) is 4.83. The van der Waals surface area contributed by atoms with Crippen molar-refractivity contribution in [3.05, 3.63) is 21.6 Å².